The van der Waals surface area contributed by atoms with Gasteiger partial charge in [0.1, 0.15) is 0 Å². The summed E-state index contributed by atoms with van der Waals surface area (Å²) in [7, 11) is 7.78. The molecule has 1 aromatic heterocycles. The number of amides is 4. The maximum atomic E-state index is 13.3. The first-order valence-corrected chi connectivity index (χ1v) is 17.0. The van der Waals surface area contributed by atoms with Gasteiger partial charge in [0.15, 0.2) is 11.5 Å². The van der Waals surface area contributed by atoms with Crippen molar-refractivity contribution >= 4 is 63.2 Å². The maximum absolute atomic E-state index is 13.3. The van der Waals surface area contributed by atoms with E-state index in [2.05, 4.69) is 41.8 Å². The monoisotopic (exact) mass is 726 g/mol. The number of fused-ring (bicyclic) bond motifs is 1. The molecule has 4 rings (SSSR count). The quantitative estimate of drug-likeness (QED) is 0.0368. The number of hydrazone groups is 1. The van der Waals surface area contributed by atoms with Crippen molar-refractivity contribution in [1.29, 1.82) is 0 Å². The molecule has 0 aliphatic carbocycles. The zero-order valence-corrected chi connectivity index (χ0v) is 30.7. The molecule has 0 saturated carbocycles. The summed E-state index contributed by atoms with van der Waals surface area (Å²) in [5, 5.41) is 15.1. The van der Waals surface area contributed by atoms with Gasteiger partial charge in [0.2, 0.25) is 0 Å². The molecule has 4 aromatic rings. The number of H-pyrrole nitrogens is 2. The fraction of sp³-hybridized carbons (Fsp3) is 0.324. The van der Waals surface area contributed by atoms with E-state index in [1.54, 1.807) is 19.1 Å². The van der Waals surface area contributed by atoms with Gasteiger partial charge in [-0.2, -0.15) is 5.10 Å². The average Bonchev–Trinajstić information content (AvgIpc) is 3.48. The molecule has 0 atom stereocenters. The molecule has 4 amide bonds. The molecule has 0 aliphatic rings. The molecule has 16 nitrogen and oxygen atoms in total. The molecule has 0 unspecified atom stereocenters. The third kappa shape index (κ3) is 11.7. The van der Waals surface area contributed by atoms with Gasteiger partial charge >= 0.3 is 5.69 Å². The number of aromatic nitrogens is 2. The van der Waals surface area contributed by atoms with Gasteiger partial charge in [0, 0.05) is 48.1 Å². The zero-order chi connectivity index (χ0) is 38.7. The van der Waals surface area contributed by atoms with Gasteiger partial charge in [-0.05, 0) is 121 Å². The Labute approximate surface area is 306 Å². The molecular weight excluding hydrogens is 680 g/mol. The number of ketones is 1. The first-order chi connectivity index (χ1) is 25.2. The lowest BCUT2D eigenvalue weighted by Crippen LogP contribution is -2.29. The molecule has 0 saturated heterocycles. The molecular formula is C37H46N10O6. The number of anilines is 3. The van der Waals surface area contributed by atoms with Crippen LogP contribution in [0.25, 0.3) is 11.0 Å². The Hall–Kier alpha value is -6.13. The van der Waals surface area contributed by atoms with E-state index in [-0.39, 0.29) is 39.9 Å². The molecule has 3 aromatic carbocycles. The van der Waals surface area contributed by atoms with Crippen molar-refractivity contribution in [2.24, 2.45) is 5.10 Å². The Balaban J connectivity index is 1.45. The predicted molar refractivity (Wildman–Crippen MR) is 206 cm³/mol. The average molecular weight is 727 g/mol. The second-order valence-corrected chi connectivity index (χ2v) is 13.0. The summed E-state index contributed by atoms with van der Waals surface area (Å²) in [5.41, 5.74) is 5.42. The highest BCUT2D eigenvalue weighted by molar-refractivity contribution is 6.67. The van der Waals surface area contributed by atoms with Crippen LogP contribution in [0.3, 0.4) is 0 Å². The number of nitrogens with zero attached hydrogens (tertiary/aromatic N) is 3. The van der Waals surface area contributed by atoms with Crippen LogP contribution < -0.4 is 32.4 Å². The molecule has 280 valence electrons. The predicted octanol–water partition coefficient (Wildman–Crippen LogP) is 2.78. The summed E-state index contributed by atoms with van der Waals surface area (Å²) in [6.45, 7) is 5.44. The van der Waals surface area contributed by atoms with Gasteiger partial charge in [0.25, 0.3) is 23.6 Å². The van der Waals surface area contributed by atoms with Crippen molar-refractivity contribution < 1.29 is 24.0 Å². The van der Waals surface area contributed by atoms with Crippen LogP contribution in [0.4, 0.5) is 17.1 Å². The minimum atomic E-state index is -0.760. The van der Waals surface area contributed by atoms with Gasteiger partial charge < -0.3 is 41.0 Å². The van der Waals surface area contributed by atoms with Gasteiger partial charge in [-0.15, -0.1) is 0 Å². The number of rotatable bonds is 17. The van der Waals surface area contributed by atoms with Gasteiger partial charge in [-0.3, -0.25) is 29.4 Å². The van der Waals surface area contributed by atoms with E-state index in [1.807, 2.05) is 38.0 Å². The Morgan fingerprint density at radius 1 is 0.679 bits per heavy atom. The fourth-order valence-electron chi connectivity index (χ4n) is 5.25. The number of aryl methyl sites for hydroxylation is 1. The molecule has 0 spiro atoms. The highest BCUT2D eigenvalue weighted by Crippen LogP contribution is 2.20. The SMILES string of the molecule is CC(=O)/C(=N/Nc1ccc(C(=O)Nc2cc(C(=O)NCCCN(C)C)cc(C(=O)NCCCN(C)C)c2)cc1)C(=O)Nc1cc(C)c2[nH]c(=O)[nH]c2c1. The van der Waals surface area contributed by atoms with E-state index in [9.17, 15) is 28.8 Å². The van der Waals surface area contributed by atoms with Crippen molar-refractivity contribution in [3.05, 3.63) is 87.3 Å². The number of nitrogens with one attached hydrogen (secondary N) is 7. The zero-order valence-electron chi connectivity index (χ0n) is 30.7. The van der Waals surface area contributed by atoms with E-state index >= 15 is 0 Å². The molecule has 0 fully saturated rings. The number of imidazole rings is 1. The molecule has 7 N–H and O–H groups in total. The second kappa shape index (κ2) is 18.4. The standard InChI is InChI=1S/C37H46N10O6/c1-22-17-28(21-30-31(22)43-37(53)42-30)41-36(52)32(23(2)48)45-44-27-11-9-24(10-12-27)35(51)40-29-19-25(33(49)38-13-7-15-46(3)4)18-26(20-29)34(50)39-14-8-16-47(5)6/h9-12,17-21,44H,7-8,13-16H2,1-6H3,(H,38,49)(H,39,50)(H,40,51)(H,41,52)(H2,42,43,53)/b45-32-. The van der Waals surface area contributed by atoms with Gasteiger partial charge in [-0.25, -0.2) is 4.79 Å². The summed E-state index contributed by atoms with van der Waals surface area (Å²) in [5.74, 6) is -2.59. The third-order valence-electron chi connectivity index (χ3n) is 7.92. The van der Waals surface area contributed by atoms with Crippen LogP contribution >= 0.6 is 0 Å². The number of benzene rings is 3. The van der Waals surface area contributed by atoms with Crippen molar-refractivity contribution in [1.82, 2.24) is 30.4 Å². The Kier molecular flexibility index (Phi) is 13.8. The number of carbonyl (C=O) groups is 5. The summed E-state index contributed by atoms with van der Waals surface area (Å²) < 4.78 is 0. The molecule has 0 aliphatic heterocycles. The Morgan fingerprint density at radius 2 is 1.25 bits per heavy atom. The van der Waals surface area contributed by atoms with Gasteiger partial charge in [-0.1, -0.05) is 0 Å². The van der Waals surface area contributed by atoms with E-state index in [1.165, 1.54) is 49.4 Å². The van der Waals surface area contributed by atoms with E-state index in [0.717, 1.165) is 25.9 Å². The highest BCUT2D eigenvalue weighted by Gasteiger charge is 2.19. The van der Waals surface area contributed by atoms with Crippen LogP contribution in [0.1, 0.15) is 56.4 Å². The first-order valence-electron chi connectivity index (χ1n) is 17.0. The van der Waals surface area contributed by atoms with Crippen LogP contribution in [0.2, 0.25) is 0 Å². The number of carbonyl (C=O) groups excluding carboxylic acids is 5. The van der Waals surface area contributed by atoms with Crippen LogP contribution in [-0.2, 0) is 9.59 Å². The molecule has 53 heavy (non-hydrogen) atoms. The molecule has 1 heterocycles. The Morgan fingerprint density at radius 3 is 1.79 bits per heavy atom. The van der Waals surface area contributed by atoms with Crippen molar-refractivity contribution in [3.63, 3.8) is 0 Å². The van der Waals surface area contributed by atoms with Gasteiger partial charge in [0.05, 0.1) is 16.7 Å². The third-order valence-corrected chi connectivity index (χ3v) is 7.92. The fourth-order valence-corrected chi connectivity index (χ4v) is 5.25. The summed E-state index contributed by atoms with van der Waals surface area (Å²) in [6, 6.07) is 13.8. The van der Waals surface area contributed by atoms with Crippen molar-refractivity contribution in [2.75, 3.05) is 70.4 Å². The minimum absolute atomic E-state index is 0.226. The topological polar surface area (TPSA) is 213 Å². The largest absolute Gasteiger partial charge is 0.352 e. The molecule has 0 radical (unpaired) electrons. The maximum Gasteiger partial charge on any atom is 0.323 e. The van der Waals surface area contributed by atoms with Crippen LogP contribution in [-0.4, -0.2) is 109 Å². The molecule has 0 bridgehead atoms. The Bertz CT molecular complexity index is 2020. The highest BCUT2D eigenvalue weighted by atomic mass is 16.2. The van der Waals surface area contributed by atoms with E-state index in [4.69, 9.17) is 0 Å². The summed E-state index contributed by atoms with van der Waals surface area (Å²) in [4.78, 5) is 85.7. The normalized spacial score (nSPS) is 11.4. The van der Waals surface area contributed by atoms with Crippen molar-refractivity contribution in [2.45, 2.75) is 26.7 Å². The number of hydrogen-bond donors (Lipinski definition) is 7. The van der Waals surface area contributed by atoms with E-state index < -0.39 is 23.3 Å². The summed E-state index contributed by atoms with van der Waals surface area (Å²) >= 11 is 0. The summed E-state index contributed by atoms with van der Waals surface area (Å²) in [6.07, 6.45) is 1.48. The lowest BCUT2D eigenvalue weighted by molar-refractivity contribution is -0.114. The van der Waals surface area contributed by atoms with E-state index in [0.29, 0.717) is 41.1 Å². The number of aromatic amines is 2. The number of Topliss-reactive ketones (excluding diaryl/α,β-unsaturated/α-hetero) is 1. The second-order valence-electron chi connectivity index (χ2n) is 13.0. The molecule has 16 heteroatoms. The lowest BCUT2D eigenvalue weighted by Gasteiger charge is -2.14. The minimum Gasteiger partial charge on any atom is -0.352 e. The van der Waals surface area contributed by atoms with Crippen LogP contribution in [0.15, 0.2) is 64.5 Å². The van der Waals surface area contributed by atoms with Crippen LogP contribution in [0.5, 0.6) is 0 Å². The number of hydrogen-bond acceptors (Lipinski definition) is 10. The lowest BCUT2D eigenvalue weighted by atomic mass is 10.1. The smallest absolute Gasteiger partial charge is 0.323 e. The first kappa shape index (κ1) is 39.7. The van der Waals surface area contributed by atoms with Crippen molar-refractivity contribution in [3.8, 4) is 0 Å². The van der Waals surface area contributed by atoms with Crippen LogP contribution in [0, 0.1) is 6.92 Å².